The Kier molecular flexibility index (Phi) is 29.6. The van der Waals surface area contributed by atoms with Gasteiger partial charge in [0, 0.05) is 12.8 Å². The normalized spacial score (nSPS) is 25.0. The largest absolute Gasteiger partial charge is 0.343 e. The van der Waals surface area contributed by atoms with E-state index >= 15 is 0 Å². The van der Waals surface area contributed by atoms with E-state index in [1.54, 1.807) is 76.2 Å². The van der Waals surface area contributed by atoms with Gasteiger partial charge in [0.05, 0.1) is 0 Å². The van der Waals surface area contributed by atoms with Crippen molar-refractivity contribution in [3.8, 4) is 0 Å². The Morgan fingerprint density at radius 3 is 0.631 bits per heavy atom. The van der Waals surface area contributed by atoms with E-state index in [1.165, 1.54) is 0 Å². The van der Waals surface area contributed by atoms with E-state index in [0.717, 1.165) is 0 Å². The molecule has 0 bridgehead atoms. The SMILES string of the molecule is CC(C)C[C@@H]1NC(=O)[C@H](CC(C)C)NC(=O)[C@@H](C(C)C)NC(=O)[C@H](CC(C)C)NC(=O)[C@H](Cc2ccccc2)NC(=O)[C@H](CC(C)C)NC(=O)[C@H](CC(C)C)NC(=O)[C@@H](C(C)C)NC(=O)[C@H](CC(C)C)NC(=O)[C@H](Cc2ccccc2)NC1=O. The van der Waals surface area contributed by atoms with E-state index in [9.17, 15) is 47.9 Å². The zero-order valence-electron chi connectivity index (χ0n) is 52.9. The standard InChI is InChI=1S/C64H102N10O10/c1-35(2)27-45-55(75)69-51(33-43-23-19-17-20-24-43)59(79)67-49(31-39(9)10)61(81)74-54(42(15)16)64(84)72-48(30-38(7)8)58(78)66-46(28-36(3)4)56(76)70-52(34-44-25-21-18-22-26-44)60(80)68-50(32-40(11)12)62(82)73-53(41(13)14)63(83)71-47(29-37(5)6)57(77)65-45/h17-26,35-42,45-54H,27-34H2,1-16H3,(H,65,77)(H,66,78)(H,67,79)(H,68,80)(H,69,75)(H,70,76)(H,71,83)(H,72,84)(H,73,82)(H,74,81)/t45-,46-,47-,48-,49-,50-,51-,52-,53+,54+/m0/s1. The Balaban J connectivity index is 2.29. The van der Waals surface area contributed by atoms with Gasteiger partial charge < -0.3 is 53.2 Å². The fraction of sp³-hybridized carbons (Fsp3) is 0.656. The minimum Gasteiger partial charge on any atom is -0.343 e. The van der Waals surface area contributed by atoms with Gasteiger partial charge in [-0.15, -0.1) is 0 Å². The average molecular weight is 1170 g/mol. The van der Waals surface area contributed by atoms with Crippen LogP contribution < -0.4 is 53.2 Å². The van der Waals surface area contributed by atoms with Gasteiger partial charge in [0.15, 0.2) is 0 Å². The zero-order chi connectivity index (χ0) is 63.1. The van der Waals surface area contributed by atoms with Gasteiger partial charge in [-0.3, -0.25) is 47.9 Å². The Morgan fingerprint density at radius 2 is 0.429 bits per heavy atom. The lowest BCUT2D eigenvalue weighted by molar-refractivity contribution is -0.137. The molecular formula is C64H102N10O10. The summed E-state index contributed by atoms with van der Waals surface area (Å²) in [7, 11) is 0. The molecule has 10 atom stereocenters. The minimum absolute atomic E-state index is 0.00287. The Bertz CT molecular complexity index is 2310. The molecule has 1 heterocycles. The summed E-state index contributed by atoms with van der Waals surface area (Å²) in [5.74, 6) is -8.73. The molecule has 0 radical (unpaired) electrons. The van der Waals surface area contributed by atoms with Crippen LogP contribution in [-0.4, -0.2) is 119 Å². The van der Waals surface area contributed by atoms with E-state index < -0.39 is 131 Å². The first-order valence-corrected chi connectivity index (χ1v) is 30.5. The molecule has 1 aliphatic heterocycles. The van der Waals surface area contributed by atoms with Crippen molar-refractivity contribution in [2.75, 3.05) is 0 Å². The number of carbonyl (C=O) groups excluding carboxylic acids is 10. The molecule has 10 amide bonds. The second-order valence-corrected chi connectivity index (χ2v) is 26.1. The van der Waals surface area contributed by atoms with Gasteiger partial charge in [-0.1, -0.05) is 171 Å². The van der Waals surface area contributed by atoms with Crippen molar-refractivity contribution < 1.29 is 47.9 Å². The van der Waals surface area contributed by atoms with Crippen LogP contribution in [0.15, 0.2) is 60.7 Å². The van der Waals surface area contributed by atoms with E-state index in [-0.39, 0.29) is 86.9 Å². The summed E-state index contributed by atoms with van der Waals surface area (Å²) in [4.78, 5) is 146. The molecule has 0 spiro atoms. The van der Waals surface area contributed by atoms with Gasteiger partial charge in [0.2, 0.25) is 59.1 Å². The summed E-state index contributed by atoms with van der Waals surface area (Å²) < 4.78 is 0. The molecular weight excluding hydrogens is 1070 g/mol. The lowest BCUT2D eigenvalue weighted by Crippen LogP contribution is -2.62. The van der Waals surface area contributed by atoms with Crippen LogP contribution in [0, 0.1) is 47.3 Å². The molecule has 1 fully saturated rings. The second kappa shape index (κ2) is 34.8. The molecule has 0 aliphatic carbocycles. The molecule has 0 saturated carbocycles. The average Bonchev–Trinajstić information content (AvgIpc) is 3.26. The number of amides is 10. The maximum Gasteiger partial charge on any atom is 0.243 e. The van der Waals surface area contributed by atoms with Crippen molar-refractivity contribution in [1.29, 1.82) is 0 Å². The molecule has 0 unspecified atom stereocenters. The Labute approximate surface area is 500 Å². The Morgan fingerprint density at radius 1 is 0.250 bits per heavy atom. The number of benzene rings is 2. The first-order valence-electron chi connectivity index (χ1n) is 30.5. The molecule has 2 aromatic carbocycles. The highest BCUT2D eigenvalue weighted by Crippen LogP contribution is 2.17. The van der Waals surface area contributed by atoms with Crippen molar-refractivity contribution >= 4 is 59.1 Å². The topological polar surface area (TPSA) is 291 Å². The van der Waals surface area contributed by atoms with Crippen LogP contribution >= 0.6 is 0 Å². The van der Waals surface area contributed by atoms with E-state index in [1.807, 2.05) is 95.2 Å². The van der Waals surface area contributed by atoms with Crippen molar-refractivity contribution in [2.45, 2.75) is 223 Å². The number of rotatable bonds is 18. The van der Waals surface area contributed by atoms with E-state index in [4.69, 9.17) is 0 Å². The van der Waals surface area contributed by atoms with Crippen molar-refractivity contribution in [3.63, 3.8) is 0 Å². The fourth-order valence-electron chi connectivity index (χ4n) is 10.1. The van der Waals surface area contributed by atoms with Crippen LogP contribution in [0.5, 0.6) is 0 Å². The predicted octanol–water partition coefficient (Wildman–Crippen LogP) is 4.92. The summed E-state index contributed by atoms with van der Waals surface area (Å²) in [6.07, 6.45) is 0.827. The Hall–Kier alpha value is -6.86. The first-order chi connectivity index (χ1) is 39.3. The molecule has 2 aromatic rings. The van der Waals surface area contributed by atoms with Crippen LogP contribution in [0.1, 0.15) is 160 Å². The highest BCUT2D eigenvalue weighted by Gasteiger charge is 2.39. The summed E-state index contributed by atoms with van der Waals surface area (Å²) in [6, 6.07) is 5.81. The van der Waals surface area contributed by atoms with Gasteiger partial charge in [-0.2, -0.15) is 0 Å². The highest BCUT2D eigenvalue weighted by atomic mass is 16.2. The second-order valence-electron chi connectivity index (χ2n) is 26.1. The zero-order valence-corrected chi connectivity index (χ0v) is 52.9. The third-order valence-electron chi connectivity index (χ3n) is 14.4. The molecule has 1 aliphatic rings. The lowest BCUT2D eigenvalue weighted by Gasteiger charge is -2.31. The monoisotopic (exact) mass is 1170 g/mol. The molecule has 20 nitrogen and oxygen atoms in total. The van der Waals surface area contributed by atoms with Crippen LogP contribution in [0.2, 0.25) is 0 Å². The maximum atomic E-state index is 14.7. The number of carbonyl (C=O) groups is 10. The summed E-state index contributed by atoms with van der Waals surface area (Å²) in [5.41, 5.74) is 1.38. The van der Waals surface area contributed by atoms with E-state index in [0.29, 0.717) is 11.1 Å². The fourth-order valence-corrected chi connectivity index (χ4v) is 10.1. The van der Waals surface area contributed by atoms with Gasteiger partial charge >= 0.3 is 0 Å². The minimum atomic E-state index is -1.27. The molecule has 0 aromatic heterocycles. The summed E-state index contributed by atoms with van der Waals surface area (Å²) >= 11 is 0. The van der Waals surface area contributed by atoms with Gasteiger partial charge in [0.1, 0.15) is 60.4 Å². The van der Waals surface area contributed by atoms with Crippen LogP contribution in [-0.2, 0) is 60.8 Å². The van der Waals surface area contributed by atoms with Gasteiger partial charge in [0.25, 0.3) is 0 Å². The lowest BCUT2D eigenvalue weighted by atomic mass is 9.96. The number of hydrogen-bond acceptors (Lipinski definition) is 10. The summed E-state index contributed by atoms with van der Waals surface area (Å²) in [5, 5.41) is 28.6. The molecule has 84 heavy (non-hydrogen) atoms. The molecule has 1 saturated heterocycles. The molecule has 10 N–H and O–H groups in total. The third kappa shape index (κ3) is 24.8. The number of hydrogen-bond donors (Lipinski definition) is 10. The van der Waals surface area contributed by atoms with Gasteiger partial charge in [-0.25, -0.2) is 0 Å². The summed E-state index contributed by atoms with van der Waals surface area (Å²) in [6.45, 7) is 29.4. The van der Waals surface area contributed by atoms with Crippen LogP contribution in [0.3, 0.4) is 0 Å². The number of nitrogens with one attached hydrogen (secondary N) is 10. The third-order valence-corrected chi connectivity index (χ3v) is 14.4. The van der Waals surface area contributed by atoms with Crippen LogP contribution in [0.4, 0.5) is 0 Å². The molecule has 20 heteroatoms. The molecule has 3 rings (SSSR count). The highest BCUT2D eigenvalue weighted by molar-refractivity contribution is 5.99. The predicted molar refractivity (Wildman–Crippen MR) is 326 cm³/mol. The van der Waals surface area contributed by atoms with Crippen molar-refractivity contribution in [2.24, 2.45) is 47.3 Å². The first kappa shape index (κ1) is 71.4. The van der Waals surface area contributed by atoms with Crippen molar-refractivity contribution in [1.82, 2.24) is 53.2 Å². The van der Waals surface area contributed by atoms with Gasteiger partial charge in [-0.05, 0) is 97.0 Å². The smallest absolute Gasteiger partial charge is 0.243 e. The van der Waals surface area contributed by atoms with Crippen molar-refractivity contribution in [3.05, 3.63) is 71.8 Å². The maximum absolute atomic E-state index is 14.7. The van der Waals surface area contributed by atoms with E-state index in [2.05, 4.69) is 53.2 Å². The van der Waals surface area contributed by atoms with Crippen LogP contribution in [0.25, 0.3) is 0 Å². The molecule has 468 valence electrons. The quantitative estimate of drug-likeness (QED) is 0.0961.